The zero-order valence-corrected chi connectivity index (χ0v) is 18.8. The van der Waals surface area contributed by atoms with E-state index in [1.807, 2.05) is 37.3 Å². The fraction of sp³-hybridized carbons (Fsp3) is 0.115. The second-order valence-electron chi connectivity index (χ2n) is 7.78. The third-order valence-corrected chi connectivity index (χ3v) is 6.66. The zero-order chi connectivity index (χ0) is 23.1. The molecule has 2 heterocycles. The van der Waals surface area contributed by atoms with E-state index in [1.54, 1.807) is 49.6 Å². The van der Waals surface area contributed by atoms with Crippen LogP contribution < -0.4 is 9.64 Å². The highest BCUT2D eigenvalue weighted by Crippen LogP contribution is 2.44. The maximum Gasteiger partial charge on any atom is 0.301 e. The summed E-state index contributed by atoms with van der Waals surface area (Å²) in [5, 5.41) is 11.5. The minimum absolute atomic E-state index is 0.0230. The Hall–Kier alpha value is -3.97. The van der Waals surface area contributed by atoms with Crippen molar-refractivity contribution in [2.75, 3.05) is 12.0 Å². The summed E-state index contributed by atoms with van der Waals surface area (Å²) in [4.78, 5) is 32.6. The van der Waals surface area contributed by atoms with Crippen molar-refractivity contribution in [3.63, 3.8) is 0 Å². The van der Waals surface area contributed by atoms with Gasteiger partial charge in [-0.25, -0.2) is 4.98 Å². The molecular weight excluding hydrogens is 436 g/mol. The van der Waals surface area contributed by atoms with E-state index in [9.17, 15) is 14.7 Å². The molecule has 164 valence electrons. The maximum atomic E-state index is 13.3. The van der Waals surface area contributed by atoms with Crippen molar-refractivity contribution >= 4 is 44.1 Å². The molecule has 1 aliphatic heterocycles. The number of anilines is 1. The van der Waals surface area contributed by atoms with E-state index in [0.717, 1.165) is 15.8 Å². The van der Waals surface area contributed by atoms with Crippen molar-refractivity contribution in [3.05, 3.63) is 95.1 Å². The van der Waals surface area contributed by atoms with Crippen molar-refractivity contribution < 1.29 is 19.4 Å². The summed E-state index contributed by atoms with van der Waals surface area (Å²) in [5.74, 6) is -1.12. The number of Topliss-reactive ketones (excluding diaryl/α,β-unsaturated/α-hetero) is 1. The van der Waals surface area contributed by atoms with Gasteiger partial charge in [-0.15, -0.1) is 0 Å². The van der Waals surface area contributed by atoms with Gasteiger partial charge in [0.1, 0.15) is 11.5 Å². The van der Waals surface area contributed by atoms with Gasteiger partial charge in [0.05, 0.1) is 28.9 Å². The summed E-state index contributed by atoms with van der Waals surface area (Å²) in [5.41, 5.74) is 2.95. The number of aryl methyl sites for hydroxylation is 1. The van der Waals surface area contributed by atoms with Crippen molar-refractivity contribution in [2.24, 2.45) is 0 Å². The Balaban J connectivity index is 1.74. The smallest absolute Gasteiger partial charge is 0.301 e. The van der Waals surface area contributed by atoms with E-state index in [4.69, 9.17) is 4.74 Å². The molecule has 1 unspecified atom stereocenters. The molecule has 6 nitrogen and oxygen atoms in total. The number of hydrogen-bond acceptors (Lipinski definition) is 6. The first-order valence-corrected chi connectivity index (χ1v) is 11.2. The molecule has 0 radical (unpaired) electrons. The van der Waals surface area contributed by atoms with Gasteiger partial charge < -0.3 is 9.84 Å². The average Bonchev–Trinajstić information content (AvgIpc) is 3.37. The lowest BCUT2D eigenvalue weighted by molar-refractivity contribution is -0.132. The van der Waals surface area contributed by atoms with Gasteiger partial charge in [0.25, 0.3) is 5.78 Å². The molecule has 33 heavy (non-hydrogen) atoms. The van der Waals surface area contributed by atoms with E-state index < -0.39 is 17.7 Å². The van der Waals surface area contributed by atoms with Gasteiger partial charge in [0, 0.05) is 5.56 Å². The van der Waals surface area contributed by atoms with Crippen LogP contribution in [0.25, 0.3) is 16.0 Å². The number of methoxy groups -OCH3 is 1. The molecule has 1 amide bonds. The zero-order valence-electron chi connectivity index (χ0n) is 18.0. The first-order chi connectivity index (χ1) is 16.0. The molecule has 7 heteroatoms. The monoisotopic (exact) mass is 456 g/mol. The average molecular weight is 457 g/mol. The number of ketones is 1. The topological polar surface area (TPSA) is 79.7 Å². The van der Waals surface area contributed by atoms with Crippen LogP contribution in [-0.4, -0.2) is 28.9 Å². The fourth-order valence-electron chi connectivity index (χ4n) is 4.03. The predicted molar refractivity (Wildman–Crippen MR) is 129 cm³/mol. The normalized spacial score (nSPS) is 17.6. The van der Waals surface area contributed by atoms with Crippen LogP contribution in [0.5, 0.6) is 5.75 Å². The summed E-state index contributed by atoms with van der Waals surface area (Å²) in [6.07, 6.45) is 0. The molecule has 4 aromatic rings. The fourth-order valence-corrected chi connectivity index (χ4v) is 5.12. The Bertz CT molecular complexity index is 1420. The van der Waals surface area contributed by atoms with Crippen molar-refractivity contribution in [2.45, 2.75) is 13.0 Å². The van der Waals surface area contributed by atoms with Gasteiger partial charge in [-0.2, -0.15) is 0 Å². The highest BCUT2D eigenvalue weighted by molar-refractivity contribution is 7.22. The molecule has 1 atom stereocenters. The van der Waals surface area contributed by atoms with Crippen LogP contribution in [0.4, 0.5) is 5.13 Å². The molecular formula is C26H20N2O4S. The van der Waals surface area contributed by atoms with Crippen LogP contribution in [0.2, 0.25) is 0 Å². The molecule has 1 saturated heterocycles. The molecule has 5 rings (SSSR count). The van der Waals surface area contributed by atoms with Gasteiger partial charge >= 0.3 is 5.91 Å². The summed E-state index contributed by atoms with van der Waals surface area (Å²) in [6.45, 7) is 1.99. The largest absolute Gasteiger partial charge is 0.507 e. The van der Waals surface area contributed by atoms with Gasteiger partial charge in [-0.05, 0) is 42.3 Å². The number of aliphatic hydroxyl groups excluding tert-OH is 1. The lowest BCUT2D eigenvalue weighted by Crippen LogP contribution is -2.29. The van der Waals surface area contributed by atoms with Crippen LogP contribution >= 0.6 is 11.3 Å². The number of ether oxygens (including phenoxy) is 1. The number of fused-ring (bicyclic) bond motifs is 1. The van der Waals surface area contributed by atoms with Crippen LogP contribution in [0.15, 0.2) is 78.4 Å². The van der Waals surface area contributed by atoms with Gasteiger partial charge in [0.15, 0.2) is 5.13 Å². The molecule has 1 aliphatic rings. The number of aliphatic hydroxyl groups is 1. The number of benzene rings is 3. The minimum Gasteiger partial charge on any atom is -0.507 e. The molecule has 0 bridgehead atoms. The molecule has 0 saturated carbocycles. The van der Waals surface area contributed by atoms with E-state index in [1.165, 1.54) is 16.2 Å². The predicted octanol–water partition coefficient (Wildman–Crippen LogP) is 5.24. The minimum atomic E-state index is -0.845. The first-order valence-electron chi connectivity index (χ1n) is 10.4. The second kappa shape index (κ2) is 8.18. The Morgan fingerprint density at radius 3 is 2.58 bits per heavy atom. The second-order valence-corrected chi connectivity index (χ2v) is 8.79. The van der Waals surface area contributed by atoms with E-state index >= 15 is 0 Å². The highest BCUT2D eigenvalue weighted by atomic mass is 32.1. The summed E-state index contributed by atoms with van der Waals surface area (Å²) in [6, 6.07) is 20.9. The number of hydrogen-bond donors (Lipinski definition) is 1. The number of nitrogens with zero attached hydrogens (tertiary/aromatic N) is 2. The standard InChI is InChI=1S/C26H20N2O4S/c1-15-11-12-19-20(13-15)33-26(27-19)28-22(17-9-6-10-18(14-17)32-2)21(24(30)25(28)31)23(29)16-7-4-3-5-8-16/h3-14,22,29H,1-2H3. The molecule has 1 aromatic heterocycles. The lowest BCUT2D eigenvalue weighted by atomic mass is 9.95. The Labute approximate surface area is 194 Å². The molecule has 3 aromatic carbocycles. The number of thiazole rings is 1. The quantitative estimate of drug-likeness (QED) is 0.258. The Morgan fingerprint density at radius 1 is 1.03 bits per heavy atom. The summed E-state index contributed by atoms with van der Waals surface area (Å²) < 4.78 is 6.29. The third-order valence-electron chi connectivity index (χ3n) is 5.64. The number of rotatable bonds is 4. The Kier molecular flexibility index (Phi) is 5.18. The molecule has 0 spiro atoms. The SMILES string of the molecule is COc1cccc(C2C(=C(O)c3ccccc3)C(=O)C(=O)N2c2nc3ccc(C)cc3s2)c1. The lowest BCUT2D eigenvalue weighted by Gasteiger charge is -2.23. The van der Waals surface area contributed by atoms with Gasteiger partial charge in [0.2, 0.25) is 0 Å². The number of aromatic nitrogens is 1. The van der Waals surface area contributed by atoms with Crippen molar-refractivity contribution in [3.8, 4) is 5.75 Å². The Morgan fingerprint density at radius 2 is 1.82 bits per heavy atom. The van der Waals surface area contributed by atoms with Gasteiger partial charge in [-0.3, -0.25) is 14.5 Å². The van der Waals surface area contributed by atoms with E-state index in [-0.39, 0.29) is 11.3 Å². The summed E-state index contributed by atoms with van der Waals surface area (Å²) in [7, 11) is 1.55. The van der Waals surface area contributed by atoms with Crippen LogP contribution in [0.3, 0.4) is 0 Å². The molecule has 0 aliphatic carbocycles. The first kappa shape index (κ1) is 20.9. The van der Waals surface area contributed by atoms with Crippen LogP contribution in [0, 0.1) is 6.92 Å². The highest BCUT2D eigenvalue weighted by Gasteiger charge is 2.48. The molecule has 1 N–H and O–H groups in total. The van der Waals surface area contributed by atoms with E-state index in [2.05, 4.69) is 4.98 Å². The number of amides is 1. The van der Waals surface area contributed by atoms with Gasteiger partial charge in [-0.1, -0.05) is 59.9 Å². The van der Waals surface area contributed by atoms with E-state index in [0.29, 0.717) is 22.0 Å². The number of carbonyl (C=O) groups excluding carboxylic acids is 2. The van der Waals surface area contributed by atoms with Crippen LogP contribution in [0.1, 0.15) is 22.7 Å². The van der Waals surface area contributed by atoms with Crippen molar-refractivity contribution in [1.29, 1.82) is 0 Å². The summed E-state index contributed by atoms with van der Waals surface area (Å²) >= 11 is 1.34. The van der Waals surface area contributed by atoms with Crippen molar-refractivity contribution in [1.82, 2.24) is 4.98 Å². The maximum absolute atomic E-state index is 13.3. The molecule has 1 fully saturated rings. The van der Waals surface area contributed by atoms with Crippen LogP contribution in [-0.2, 0) is 9.59 Å². The third kappa shape index (κ3) is 3.56. The number of carbonyl (C=O) groups is 2.